The van der Waals surface area contributed by atoms with Crippen molar-refractivity contribution in [1.29, 1.82) is 0 Å². The van der Waals surface area contributed by atoms with Crippen molar-refractivity contribution in [3.8, 4) is 0 Å². The Balaban J connectivity index is 2.74. The zero-order valence-electron chi connectivity index (χ0n) is 8.19. The van der Waals surface area contributed by atoms with Crippen LogP contribution in [0.1, 0.15) is 12.0 Å². The first-order valence-corrected chi connectivity index (χ1v) is 6.74. The first kappa shape index (κ1) is 12.4. The summed E-state index contributed by atoms with van der Waals surface area (Å²) in [5, 5.41) is 0.383. The van der Waals surface area contributed by atoms with Gasteiger partial charge in [-0.25, -0.2) is 8.42 Å². The van der Waals surface area contributed by atoms with Crippen molar-refractivity contribution in [1.82, 2.24) is 4.98 Å². The minimum Gasteiger partial charge on any atom is -0.330 e. The molecule has 1 aromatic rings. The predicted molar refractivity (Wildman–Crippen MR) is 60.4 cm³/mol. The Kier molecular flexibility index (Phi) is 4.50. The molecule has 0 unspecified atom stereocenters. The van der Waals surface area contributed by atoms with E-state index in [0.29, 0.717) is 23.6 Å². The summed E-state index contributed by atoms with van der Waals surface area (Å²) in [5.74, 6) is 0.0521. The molecule has 1 rings (SSSR count). The van der Waals surface area contributed by atoms with E-state index in [1.54, 1.807) is 6.07 Å². The summed E-state index contributed by atoms with van der Waals surface area (Å²) in [5.41, 5.74) is 5.85. The minimum absolute atomic E-state index is 0.0473. The normalized spacial score (nSPS) is 11.6. The predicted octanol–water partition coefficient (Wildman–Crippen LogP) is 0.999. The Hall–Kier alpha value is -0.650. The van der Waals surface area contributed by atoms with Gasteiger partial charge in [-0.3, -0.25) is 4.98 Å². The molecule has 0 amide bonds. The number of rotatable bonds is 5. The van der Waals surface area contributed by atoms with E-state index in [-0.39, 0.29) is 11.5 Å². The van der Waals surface area contributed by atoms with E-state index in [9.17, 15) is 8.42 Å². The Morgan fingerprint density at radius 1 is 1.47 bits per heavy atom. The number of nitrogens with zero attached hydrogens (tertiary/aromatic N) is 1. The van der Waals surface area contributed by atoms with Gasteiger partial charge in [0.25, 0.3) is 0 Å². The Morgan fingerprint density at radius 2 is 2.20 bits per heavy atom. The second-order valence-corrected chi connectivity index (χ2v) is 5.79. The van der Waals surface area contributed by atoms with E-state index in [0.717, 1.165) is 0 Å². The van der Waals surface area contributed by atoms with Crippen LogP contribution in [0.4, 0.5) is 0 Å². The second kappa shape index (κ2) is 5.44. The van der Waals surface area contributed by atoms with Gasteiger partial charge >= 0.3 is 0 Å². The van der Waals surface area contributed by atoms with Gasteiger partial charge in [0.2, 0.25) is 0 Å². The molecule has 84 valence electrons. The quantitative estimate of drug-likeness (QED) is 0.844. The lowest BCUT2D eigenvalue weighted by Gasteiger charge is -2.04. The van der Waals surface area contributed by atoms with Crippen molar-refractivity contribution < 1.29 is 8.42 Å². The van der Waals surface area contributed by atoms with Crippen LogP contribution in [0.15, 0.2) is 18.5 Å². The largest absolute Gasteiger partial charge is 0.330 e. The summed E-state index contributed by atoms with van der Waals surface area (Å²) < 4.78 is 23.2. The number of aromatic nitrogens is 1. The fourth-order valence-corrected chi connectivity index (χ4v) is 2.88. The molecular weight excluding hydrogens is 236 g/mol. The van der Waals surface area contributed by atoms with Crippen LogP contribution < -0.4 is 5.73 Å². The maximum absolute atomic E-state index is 11.6. The van der Waals surface area contributed by atoms with Gasteiger partial charge in [-0.15, -0.1) is 0 Å². The smallest absolute Gasteiger partial charge is 0.154 e. The van der Waals surface area contributed by atoms with E-state index in [1.807, 2.05) is 0 Å². The van der Waals surface area contributed by atoms with Crippen molar-refractivity contribution in [2.45, 2.75) is 12.2 Å². The highest BCUT2D eigenvalue weighted by Gasteiger charge is 2.13. The highest BCUT2D eigenvalue weighted by Crippen LogP contribution is 2.16. The zero-order valence-corrected chi connectivity index (χ0v) is 9.76. The van der Waals surface area contributed by atoms with Crippen molar-refractivity contribution in [3.63, 3.8) is 0 Å². The van der Waals surface area contributed by atoms with Gasteiger partial charge in [0.1, 0.15) is 0 Å². The first-order chi connectivity index (χ1) is 7.05. The zero-order chi connectivity index (χ0) is 11.3. The standard InChI is InChI=1S/C9H13ClN2O2S/c10-9-6-12-4-2-8(9)7-15(13,14)5-1-3-11/h2,4,6H,1,3,5,7,11H2. The number of pyridine rings is 1. The van der Waals surface area contributed by atoms with Gasteiger partial charge in [0, 0.05) is 12.4 Å². The van der Waals surface area contributed by atoms with Gasteiger partial charge in [0.05, 0.1) is 16.5 Å². The lowest BCUT2D eigenvalue weighted by atomic mass is 10.3. The van der Waals surface area contributed by atoms with Crippen LogP contribution >= 0.6 is 11.6 Å². The summed E-state index contributed by atoms with van der Waals surface area (Å²) in [6, 6.07) is 1.61. The summed E-state index contributed by atoms with van der Waals surface area (Å²) in [7, 11) is -3.11. The summed E-state index contributed by atoms with van der Waals surface area (Å²) in [6.07, 6.45) is 3.44. The number of hydrogen-bond acceptors (Lipinski definition) is 4. The van der Waals surface area contributed by atoms with E-state index < -0.39 is 9.84 Å². The van der Waals surface area contributed by atoms with Crippen molar-refractivity contribution in [3.05, 3.63) is 29.0 Å². The molecule has 0 aliphatic carbocycles. The van der Waals surface area contributed by atoms with Gasteiger partial charge < -0.3 is 5.73 Å². The number of halogens is 1. The third-order valence-electron chi connectivity index (χ3n) is 1.89. The summed E-state index contributed by atoms with van der Waals surface area (Å²) >= 11 is 5.81. The topological polar surface area (TPSA) is 73.1 Å². The molecule has 0 aromatic carbocycles. The number of hydrogen-bond donors (Lipinski definition) is 1. The lowest BCUT2D eigenvalue weighted by molar-refractivity contribution is 0.593. The van der Waals surface area contributed by atoms with E-state index in [4.69, 9.17) is 17.3 Å². The highest BCUT2D eigenvalue weighted by molar-refractivity contribution is 7.90. The molecule has 0 saturated carbocycles. The Bertz CT molecular complexity index is 420. The van der Waals surface area contributed by atoms with Crippen LogP contribution in [0.5, 0.6) is 0 Å². The molecule has 4 nitrogen and oxygen atoms in total. The lowest BCUT2D eigenvalue weighted by Crippen LogP contribution is -2.13. The van der Waals surface area contributed by atoms with Crippen molar-refractivity contribution >= 4 is 21.4 Å². The van der Waals surface area contributed by atoms with E-state index >= 15 is 0 Å². The molecule has 0 bridgehead atoms. The molecule has 6 heteroatoms. The third-order valence-corrected chi connectivity index (χ3v) is 3.89. The molecular formula is C9H13ClN2O2S. The fraction of sp³-hybridized carbons (Fsp3) is 0.444. The van der Waals surface area contributed by atoms with E-state index in [1.165, 1.54) is 12.4 Å². The van der Waals surface area contributed by atoms with Gasteiger partial charge in [-0.2, -0.15) is 0 Å². The molecule has 1 aromatic heterocycles. The first-order valence-electron chi connectivity index (χ1n) is 4.54. The van der Waals surface area contributed by atoms with Gasteiger partial charge in [-0.1, -0.05) is 11.6 Å². The van der Waals surface area contributed by atoms with Crippen LogP contribution in [0.2, 0.25) is 5.02 Å². The summed E-state index contributed by atoms with van der Waals surface area (Å²) in [4.78, 5) is 3.79. The molecule has 0 fully saturated rings. The maximum Gasteiger partial charge on any atom is 0.154 e. The van der Waals surface area contributed by atoms with Crippen LogP contribution in [0.3, 0.4) is 0 Å². The molecule has 0 atom stereocenters. The summed E-state index contributed by atoms with van der Waals surface area (Å²) in [6.45, 7) is 0.378. The minimum atomic E-state index is -3.11. The van der Waals surface area contributed by atoms with E-state index in [2.05, 4.69) is 4.98 Å². The van der Waals surface area contributed by atoms with Gasteiger partial charge in [0.15, 0.2) is 9.84 Å². The molecule has 15 heavy (non-hydrogen) atoms. The average Bonchev–Trinajstić information content (AvgIpc) is 2.18. The Morgan fingerprint density at radius 3 is 2.80 bits per heavy atom. The number of sulfone groups is 1. The molecule has 0 aliphatic heterocycles. The molecule has 1 heterocycles. The van der Waals surface area contributed by atoms with Crippen LogP contribution in [-0.2, 0) is 15.6 Å². The maximum atomic E-state index is 11.6. The average molecular weight is 249 g/mol. The van der Waals surface area contributed by atoms with Gasteiger partial charge in [-0.05, 0) is 24.6 Å². The molecule has 0 radical (unpaired) electrons. The number of nitrogens with two attached hydrogens (primary N) is 1. The fourth-order valence-electron chi connectivity index (χ4n) is 1.13. The highest BCUT2D eigenvalue weighted by atomic mass is 35.5. The molecule has 0 aliphatic rings. The van der Waals surface area contributed by atoms with Crippen LogP contribution in [0.25, 0.3) is 0 Å². The van der Waals surface area contributed by atoms with Crippen LogP contribution in [0, 0.1) is 0 Å². The van der Waals surface area contributed by atoms with Crippen molar-refractivity contribution in [2.75, 3.05) is 12.3 Å². The third kappa shape index (κ3) is 4.15. The molecule has 0 saturated heterocycles. The molecule has 0 spiro atoms. The second-order valence-electron chi connectivity index (χ2n) is 3.20. The Labute approximate surface area is 94.4 Å². The SMILES string of the molecule is NCCCS(=O)(=O)Cc1ccncc1Cl. The molecule has 2 N–H and O–H groups in total. The van der Waals surface area contributed by atoms with Crippen molar-refractivity contribution in [2.24, 2.45) is 5.73 Å². The van der Waals surface area contributed by atoms with Crippen LogP contribution in [-0.4, -0.2) is 25.7 Å². The monoisotopic (exact) mass is 248 g/mol.